The van der Waals surface area contributed by atoms with Crippen LogP contribution < -0.4 is 15.8 Å². The van der Waals surface area contributed by atoms with Gasteiger partial charge in [-0.2, -0.15) is 0 Å². The summed E-state index contributed by atoms with van der Waals surface area (Å²) >= 11 is 0. The molecule has 1 saturated heterocycles. The van der Waals surface area contributed by atoms with Gasteiger partial charge in [0.1, 0.15) is 5.56 Å². The van der Waals surface area contributed by atoms with E-state index in [1.165, 1.54) is 0 Å². The van der Waals surface area contributed by atoms with Crippen LogP contribution in [-0.2, 0) is 4.79 Å². The van der Waals surface area contributed by atoms with Crippen molar-refractivity contribution in [1.82, 2.24) is 4.57 Å². The topological polar surface area (TPSA) is 71.4 Å². The number of benzene rings is 2. The number of carbonyl (C=O) groups excluding carboxylic acids is 2. The van der Waals surface area contributed by atoms with E-state index in [0.717, 1.165) is 17.7 Å². The first-order valence-electron chi connectivity index (χ1n) is 10.4. The van der Waals surface area contributed by atoms with Crippen molar-refractivity contribution in [2.45, 2.75) is 32.7 Å². The summed E-state index contributed by atoms with van der Waals surface area (Å²) in [6.45, 7) is 4.41. The molecule has 1 unspecified atom stereocenters. The Morgan fingerprint density at radius 1 is 1.00 bits per heavy atom. The van der Waals surface area contributed by atoms with Crippen molar-refractivity contribution in [3.05, 3.63) is 93.9 Å². The minimum absolute atomic E-state index is 0.116. The smallest absolute Gasteiger partial charge is 0.264 e. The van der Waals surface area contributed by atoms with E-state index in [1.807, 2.05) is 49.4 Å². The average Bonchev–Trinajstić information content (AvgIpc) is 3.20. The average molecular weight is 415 g/mol. The third-order valence-electron chi connectivity index (χ3n) is 5.76. The van der Waals surface area contributed by atoms with Crippen LogP contribution in [0, 0.1) is 6.92 Å². The van der Waals surface area contributed by atoms with Gasteiger partial charge < -0.3 is 14.8 Å². The number of carbonyl (C=O) groups is 2. The molecule has 6 nitrogen and oxygen atoms in total. The molecule has 0 spiro atoms. The van der Waals surface area contributed by atoms with Crippen LogP contribution in [0.25, 0.3) is 0 Å². The van der Waals surface area contributed by atoms with Crippen molar-refractivity contribution >= 4 is 23.2 Å². The van der Waals surface area contributed by atoms with Gasteiger partial charge >= 0.3 is 0 Å². The Morgan fingerprint density at radius 2 is 1.71 bits per heavy atom. The van der Waals surface area contributed by atoms with E-state index in [4.69, 9.17) is 0 Å². The minimum atomic E-state index is -0.442. The van der Waals surface area contributed by atoms with Gasteiger partial charge in [0.2, 0.25) is 5.91 Å². The minimum Gasteiger partial charge on any atom is -0.322 e. The van der Waals surface area contributed by atoms with Crippen molar-refractivity contribution in [2.75, 3.05) is 16.8 Å². The number of nitrogens with zero attached hydrogens (tertiary/aromatic N) is 2. The first kappa shape index (κ1) is 20.6. The van der Waals surface area contributed by atoms with Gasteiger partial charge in [0, 0.05) is 30.5 Å². The molecule has 1 aliphatic rings. The fraction of sp³-hybridized carbons (Fsp3) is 0.240. The van der Waals surface area contributed by atoms with Gasteiger partial charge in [-0.3, -0.25) is 14.4 Å². The van der Waals surface area contributed by atoms with Gasteiger partial charge in [0.25, 0.3) is 11.5 Å². The summed E-state index contributed by atoms with van der Waals surface area (Å²) in [4.78, 5) is 39.8. The Labute approximate surface area is 181 Å². The summed E-state index contributed by atoms with van der Waals surface area (Å²) in [6, 6.07) is 18.4. The van der Waals surface area contributed by atoms with E-state index < -0.39 is 5.91 Å². The van der Waals surface area contributed by atoms with Crippen LogP contribution in [0.5, 0.6) is 0 Å². The van der Waals surface area contributed by atoms with Crippen LogP contribution in [-0.4, -0.2) is 22.9 Å². The lowest BCUT2D eigenvalue weighted by molar-refractivity contribution is -0.117. The summed E-state index contributed by atoms with van der Waals surface area (Å²) in [5.74, 6) is -0.327. The molecule has 0 saturated carbocycles. The van der Waals surface area contributed by atoms with Gasteiger partial charge in [-0.25, -0.2) is 0 Å². The second kappa shape index (κ2) is 8.60. The molecule has 158 valence electrons. The molecule has 4 rings (SSSR count). The molecule has 0 aliphatic carbocycles. The molecule has 0 bridgehead atoms. The van der Waals surface area contributed by atoms with E-state index in [9.17, 15) is 14.4 Å². The van der Waals surface area contributed by atoms with Crippen molar-refractivity contribution < 1.29 is 9.59 Å². The van der Waals surface area contributed by atoms with Crippen LogP contribution in [0.2, 0.25) is 0 Å². The third kappa shape index (κ3) is 4.14. The molecule has 0 radical (unpaired) electrons. The Hall–Kier alpha value is -3.67. The van der Waals surface area contributed by atoms with Crippen molar-refractivity contribution in [1.29, 1.82) is 0 Å². The number of aryl methyl sites for hydroxylation is 1. The number of nitrogens with one attached hydrogen (secondary N) is 1. The SMILES string of the molecule is Cc1ccn(C(C)c2ccccc2)c(=O)c1C(=O)Nc1ccc(N2CCCC2=O)cc1. The zero-order valence-corrected chi connectivity index (χ0v) is 17.7. The second-order valence-electron chi connectivity index (χ2n) is 7.82. The van der Waals surface area contributed by atoms with Crippen molar-refractivity contribution in [3.63, 3.8) is 0 Å². The van der Waals surface area contributed by atoms with Crippen molar-refractivity contribution in [2.24, 2.45) is 0 Å². The zero-order valence-electron chi connectivity index (χ0n) is 17.7. The number of hydrogen-bond donors (Lipinski definition) is 1. The van der Waals surface area contributed by atoms with Crippen LogP contribution in [0.1, 0.15) is 47.3 Å². The van der Waals surface area contributed by atoms with Gasteiger partial charge in [-0.05, 0) is 61.7 Å². The fourth-order valence-corrected chi connectivity index (χ4v) is 3.95. The molecule has 1 fully saturated rings. The number of hydrogen-bond acceptors (Lipinski definition) is 3. The second-order valence-corrected chi connectivity index (χ2v) is 7.82. The predicted octanol–water partition coefficient (Wildman–Crippen LogP) is 4.15. The maximum absolute atomic E-state index is 13.2. The Kier molecular flexibility index (Phi) is 5.71. The molecular formula is C25H25N3O3. The van der Waals surface area contributed by atoms with Crippen LogP contribution >= 0.6 is 0 Å². The number of amides is 2. The number of rotatable bonds is 5. The van der Waals surface area contributed by atoms with E-state index in [0.29, 0.717) is 24.2 Å². The first-order chi connectivity index (χ1) is 15.0. The zero-order chi connectivity index (χ0) is 22.0. The lowest BCUT2D eigenvalue weighted by atomic mass is 10.1. The van der Waals surface area contributed by atoms with Gasteiger partial charge in [0.15, 0.2) is 0 Å². The Balaban J connectivity index is 1.57. The summed E-state index contributed by atoms with van der Waals surface area (Å²) in [6.07, 6.45) is 3.16. The standard InChI is InChI=1S/C25H25N3O3/c1-17-14-16-27(18(2)19-7-4-3-5-8-19)25(31)23(17)24(30)26-20-10-12-21(13-11-20)28-15-6-9-22(28)29/h3-5,7-8,10-14,16,18H,6,9,15H2,1-2H3,(H,26,30). The highest BCUT2D eigenvalue weighted by Gasteiger charge is 2.22. The maximum atomic E-state index is 13.2. The van der Waals surface area contributed by atoms with Gasteiger partial charge in [-0.15, -0.1) is 0 Å². The summed E-state index contributed by atoms with van der Waals surface area (Å²) < 4.78 is 1.58. The predicted molar refractivity (Wildman–Crippen MR) is 122 cm³/mol. The van der Waals surface area contributed by atoms with Crippen LogP contribution in [0.3, 0.4) is 0 Å². The highest BCUT2D eigenvalue weighted by Crippen LogP contribution is 2.23. The summed E-state index contributed by atoms with van der Waals surface area (Å²) in [5, 5.41) is 2.82. The molecule has 1 aromatic heterocycles. The van der Waals surface area contributed by atoms with E-state index in [-0.39, 0.29) is 23.1 Å². The number of aromatic nitrogens is 1. The van der Waals surface area contributed by atoms with Crippen LogP contribution in [0.15, 0.2) is 71.7 Å². The first-order valence-corrected chi connectivity index (χ1v) is 10.4. The molecule has 2 amide bonds. The van der Waals surface area contributed by atoms with Crippen molar-refractivity contribution in [3.8, 4) is 0 Å². The molecule has 2 aromatic carbocycles. The fourth-order valence-electron chi connectivity index (χ4n) is 3.95. The molecule has 1 atom stereocenters. The largest absolute Gasteiger partial charge is 0.322 e. The lowest BCUT2D eigenvalue weighted by Crippen LogP contribution is -2.32. The lowest BCUT2D eigenvalue weighted by Gasteiger charge is -2.18. The number of anilines is 2. The van der Waals surface area contributed by atoms with Gasteiger partial charge in [0.05, 0.1) is 6.04 Å². The molecule has 2 heterocycles. The summed E-state index contributed by atoms with van der Waals surface area (Å²) in [5.41, 5.74) is 2.81. The third-order valence-corrected chi connectivity index (χ3v) is 5.76. The number of pyridine rings is 1. The maximum Gasteiger partial charge on any atom is 0.264 e. The molecule has 1 aliphatic heterocycles. The quantitative estimate of drug-likeness (QED) is 0.681. The molecule has 6 heteroatoms. The molecular weight excluding hydrogens is 390 g/mol. The normalized spacial score (nSPS) is 14.5. The molecule has 3 aromatic rings. The van der Waals surface area contributed by atoms with Gasteiger partial charge in [-0.1, -0.05) is 30.3 Å². The highest BCUT2D eigenvalue weighted by atomic mass is 16.2. The van der Waals surface area contributed by atoms with E-state index in [1.54, 1.807) is 40.8 Å². The monoisotopic (exact) mass is 415 g/mol. The molecule has 31 heavy (non-hydrogen) atoms. The van der Waals surface area contributed by atoms with E-state index in [2.05, 4.69) is 5.32 Å². The Morgan fingerprint density at radius 3 is 2.35 bits per heavy atom. The Bertz CT molecular complexity index is 1170. The molecule has 1 N–H and O–H groups in total. The summed E-state index contributed by atoms with van der Waals surface area (Å²) in [7, 11) is 0. The van der Waals surface area contributed by atoms with E-state index >= 15 is 0 Å². The van der Waals surface area contributed by atoms with Crippen LogP contribution in [0.4, 0.5) is 11.4 Å². The highest BCUT2D eigenvalue weighted by molar-refractivity contribution is 6.05.